The van der Waals surface area contributed by atoms with Crippen molar-refractivity contribution in [1.29, 1.82) is 0 Å². The average Bonchev–Trinajstić information content (AvgIpc) is 2.35. The van der Waals surface area contributed by atoms with E-state index in [0.717, 1.165) is 0 Å². The van der Waals surface area contributed by atoms with Crippen molar-refractivity contribution >= 4 is 80.4 Å². The van der Waals surface area contributed by atoms with Gasteiger partial charge in [0.2, 0.25) is 0 Å². The number of fused-ring (bicyclic) bond motifs is 1. The molecule has 0 aromatic heterocycles. The molecule has 8 heteroatoms. The second-order valence-corrected chi connectivity index (χ2v) is 5.53. The molecule has 0 bridgehead atoms. The normalized spacial score (nSPS) is 11.3. The van der Waals surface area contributed by atoms with Gasteiger partial charge >= 0.3 is 0 Å². The minimum Gasteiger partial charge on any atom is -0.204 e. The fourth-order valence-corrected chi connectivity index (χ4v) is 3.06. The minimum absolute atomic E-state index is 0.140. The Bertz CT molecular complexity index is 569. The Morgan fingerprint density at radius 3 is 1.39 bits per heavy atom. The van der Waals surface area contributed by atoms with Gasteiger partial charge in [0.1, 0.15) is 5.02 Å². The summed E-state index contributed by atoms with van der Waals surface area (Å²) in [4.78, 5) is 0. The van der Waals surface area contributed by atoms with Crippen molar-refractivity contribution < 1.29 is 8.78 Å². The molecule has 0 aliphatic heterocycles. The lowest BCUT2D eigenvalue weighted by molar-refractivity contribution is 0.593. The SMILES string of the molecule is Fc1c(Cl)c(F)c2c(Cl)c(Cl)c(Cl)c(Cl)c2c1Cl. The highest BCUT2D eigenvalue weighted by molar-refractivity contribution is 6.57. The third-order valence-electron chi connectivity index (χ3n) is 2.28. The van der Waals surface area contributed by atoms with Crippen LogP contribution in [0.5, 0.6) is 0 Å². The van der Waals surface area contributed by atoms with Gasteiger partial charge in [-0.15, -0.1) is 0 Å². The Morgan fingerprint density at radius 1 is 0.444 bits per heavy atom. The lowest BCUT2D eigenvalue weighted by Gasteiger charge is -2.12. The highest BCUT2D eigenvalue weighted by Crippen LogP contribution is 2.48. The summed E-state index contributed by atoms with van der Waals surface area (Å²) in [5.41, 5.74) is 0. The fourth-order valence-electron chi connectivity index (χ4n) is 1.46. The van der Waals surface area contributed by atoms with E-state index >= 15 is 0 Å². The highest BCUT2D eigenvalue weighted by Gasteiger charge is 2.25. The van der Waals surface area contributed by atoms with E-state index in [4.69, 9.17) is 69.6 Å². The lowest BCUT2D eigenvalue weighted by atomic mass is 10.1. The van der Waals surface area contributed by atoms with Crippen LogP contribution >= 0.6 is 69.6 Å². The number of halogens is 8. The summed E-state index contributed by atoms with van der Waals surface area (Å²) in [7, 11) is 0. The zero-order valence-corrected chi connectivity index (χ0v) is 12.6. The third kappa shape index (κ3) is 1.94. The van der Waals surface area contributed by atoms with Gasteiger partial charge in [-0.3, -0.25) is 0 Å². The molecule has 2 aromatic rings. The van der Waals surface area contributed by atoms with E-state index in [1.54, 1.807) is 0 Å². The first-order valence-corrected chi connectivity index (χ1v) is 6.53. The molecule has 0 heterocycles. The van der Waals surface area contributed by atoms with E-state index < -0.39 is 21.7 Å². The first-order chi connectivity index (χ1) is 8.29. The molecule has 0 fully saturated rings. The lowest BCUT2D eigenvalue weighted by Crippen LogP contribution is -1.93. The van der Waals surface area contributed by atoms with E-state index in [1.807, 2.05) is 0 Å². The monoisotopic (exact) mass is 368 g/mol. The van der Waals surface area contributed by atoms with Crippen molar-refractivity contribution in [2.75, 3.05) is 0 Å². The topological polar surface area (TPSA) is 0 Å². The zero-order chi connectivity index (χ0) is 13.8. The van der Waals surface area contributed by atoms with Gasteiger partial charge in [-0.1, -0.05) is 69.6 Å². The van der Waals surface area contributed by atoms with Gasteiger partial charge in [0.05, 0.1) is 25.1 Å². The first-order valence-electron chi connectivity index (χ1n) is 4.26. The summed E-state index contributed by atoms with van der Waals surface area (Å²) in [6.07, 6.45) is 0. The predicted molar refractivity (Wildman–Crippen MR) is 73.9 cm³/mol. The van der Waals surface area contributed by atoms with Crippen molar-refractivity contribution in [1.82, 2.24) is 0 Å². The number of rotatable bonds is 0. The van der Waals surface area contributed by atoms with Gasteiger partial charge in [0.25, 0.3) is 0 Å². The Labute approximate surface area is 130 Å². The van der Waals surface area contributed by atoms with Crippen molar-refractivity contribution in [3.8, 4) is 0 Å². The second kappa shape index (κ2) is 5.01. The molecule has 96 valence electrons. The van der Waals surface area contributed by atoms with Crippen LogP contribution in [-0.4, -0.2) is 0 Å². The molecular weight excluding hydrogens is 371 g/mol. The van der Waals surface area contributed by atoms with Crippen LogP contribution in [0, 0.1) is 11.6 Å². The Balaban J connectivity index is 3.22. The van der Waals surface area contributed by atoms with Crippen LogP contribution in [0.3, 0.4) is 0 Å². The molecule has 2 aromatic carbocycles. The average molecular weight is 371 g/mol. The van der Waals surface area contributed by atoms with Crippen molar-refractivity contribution in [3.63, 3.8) is 0 Å². The van der Waals surface area contributed by atoms with Crippen LogP contribution in [-0.2, 0) is 0 Å². The van der Waals surface area contributed by atoms with Gasteiger partial charge in [0, 0.05) is 10.8 Å². The van der Waals surface area contributed by atoms with Gasteiger partial charge in [-0.2, -0.15) is 0 Å². The molecule has 0 atom stereocenters. The molecule has 0 N–H and O–H groups in total. The molecule has 0 aliphatic carbocycles. The molecule has 0 aliphatic rings. The predicted octanol–water partition coefficient (Wildman–Crippen LogP) is 7.04. The standard InChI is InChI=1S/C10Cl6F2/c11-3-1-2(4(12)7(15)6(3)14)9(17)8(16)10(18)5(1)13. The maximum absolute atomic E-state index is 13.9. The van der Waals surface area contributed by atoms with Crippen molar-refractivity contribution in [3.05, 3.63) is 41.8 Å². The molecule has 0 saturated heterocycles. The minimum atomic E-state index is -1.14. The molecule has 0 nitrogen and oxygen atoms in total. The number of benzene rings is 2. The maximum Gasteiger partial charge on any atom is 0.164 e. The Morgan fingerprint density at radius 2 is 0.889 bits per heavy atom. The van der Waals surface area contributed by atoms with Crippen LogP contribution in [0.15, 0.2) is 0 Å². The number of hydrogen-bond donors (Lipinski definition) is 0. The summed E-state index contributed by atoms with van der Waals surface area (Å²) in [5.74, 6) is -2.24. The largest absolute Gasteiger partial charge is 0.204 e. The second-order valence-electron chi connectivity index (χ2n) is 3.26. The third-order valence-corrected chi connectivity index (χ3v) is 4.77. The zero-order valence-electron chi connectivity index (χ0n) is 8.02. The summed E-state index contributed by atoms with van der Waals surface area (Å²) < 4.78 is 27.5. The molecule has 18 heavy (non-hydrogen) atoms. The summed E-state index contributed by atoms with van der Waals surface area (Å²) >= 11 is 34.5. The van der Waals surface area contributed by atoms with Gasteiger partial charge in [-0.25, -0.2) is 8.78 Å². The van der Waals surface area contributed by atoms with Crippen LogP contribution in [0.25, 0.3) is 10.8 Å². The smallest absolute Gasteiger partial charge is 0.164 e. The molecule has 2 rings (SSSR count). The molecule has 0 unspecified atom stereocenters. The van der Waals surface area contributed by atoms with Crippen LogP contribution < -0.4 is 0 Å². The Hall–Kier alpha value is 0.300. The van der Waals surface area contributed by atoms with E-state index in [-0.39, 0.29) is 30.9 Å². The quantitative estimate of drug-likeness (QED) is 0.344. The maximum atomic E-state index is 13.9. The first kappa shape index (κ1) is 14.7. The summed E-state index contributed by atoms with van der Waals surface area (Å²) in [6.45, 7) is 0. The van der Waals surface area contributed by atoms with Gasteiger partial charge in [0.15, 0.2) is 11.6 Å². The molecule has 0 amide bonds. The van der Waals surface area contributed by atoms with Gasteiger partial charge < -0.3 is 0 Å². The van der Waals surface area contributed by atoms with E-state index in [9.17, 15) is 8.78 Å². The van der Waals surface area contributed by atoms with Crippen molar-refractivity contribution in [2.45, 2.75) is 0 Å². The van der Waals surface area contributed by atoms with E-state index in [2.05, 4.69) is 0 Å². The molecular formula is C10Cl6F2. The molecule has 0 spiro atoms. The summed E-state index contributed by atoms with van der Waals surface area (Å²) in [5, 5.41) is -2.43. The van der Waals surface area contributed by atoms with Gasteiger partial charge in [-0.05, 0) is 0 Å². The highest BCUT2D eigenvalue weighted by atomic mass is 35.5. The number of hydrogen-bond acceptors (Lipinski definition) is 0. The van der Waals surface area contributed by atoms with Crippen LogP contribution in [0.4, 0.5) is 8.78 Å². The van der Waals surface area contributed by atoms with Crippen molar-refractivity contribution in [2.24, 2.45) is 0 Å². The Kier molecular flexibility index (Phi) is 4.09. The summed E-state index contributed by atoms with van der Waals surface area (Å²) in [6, 6.07) is 0. The molecule has 0 saturated carbocycles. The molecule has 0 radical (unpaired) electrons. The van der Waals surface area contributed by atoms with E-state index in [1.165, 1.54) is 0 Å². The van der Waals surface area contributed by atoms with Crippen LogP contribution in [0.1, 0.15) is 0 Å². The van der Waals surface area contributed by atoms with E-state index in [0.29, 0.717) is 0 Å². The fraction of sp³-hybridized carbons (Fsp3) is 0. The van der Waals surface area contributed by atoms with Crippen LogP contribution in [0.2, 0.25) is 30.1 Å².